The van der Waals surface area contributed by atoms with Crippen molar-refractivity contribution in [1.29, 1.82) is 0 Å². The zero-order valence-corrected chi connectivity index (χ0v) is 9.73. The van der Waals surface area contributed by atoms with E-state index >= 15 is 0 Å². The highest BCUT2D eigenvalue weighted by molar-refractivity contribution is 5.30. The van der Waals surface area contributed by atoms with Crippen molar-refractivity contribution in [2.45, 2.75) is 20.8 Å². The molecule has 1 saturated heterocycles. The van der Waals surface area contributed by atoms with Crippen LogP contribution in [0.2, 0.25) is 0 Å². The quantitative estimate of drug-likeness (QED) is 0.705. The van der Waals surface area contributed by atoms with Crippen molar-refractivity contribution in [3.05, 3.63) is 18.0 Å². The number of morpholine rings is 1. The molecule has 1 aliphatic rings. The summed E-state index contributed by atoms with van der Waals surface area (Å²) in [5.74, 6) is 0.823. The number of ether oxygens (including phenoxy) is 1. The van der Waals surface area contributed by atoms with Gasteiger partial charge in [-0.3, -0.25) is 0 Å². The van der Waals surface area contributed by atoms with Crippen LogP contribution < -0.4 is 4.90 Å². The zero-order chi connectivity index (χ0) is 11.1. The maximum atomic E-state index is 5.25. The maximum Gasteiger partial charge on any atom is 0.225 e. The lowest BCUT2D eigenvalue weighted by molar-refractivity contribution is 0.122. The van der Waals surface area contributed by atoms with Crippen molar-refractivity contribution in [2.75, 3.05) is 31.2 Å². The molecule has 0 atom stereocenters. The summed E-state index contributed by atoms with van der Waals surface area (Å²) in [7, 11) is 0. The average molecular weight is 209 g/mol. The van der Waals surface area contributed by atoms with Gasteiger partial charge in [-0.15, -0.1) is 0 Å². The van der Waals surface area contributed by atoms with Crippen LogP contribution >= 0.6 is 0 Å². The molecule has 0 unspecified atom stereocenters. The molecule has 15 heavy (non-hydrogen) atoms. The summed E-state index contributed by atoms with van der Waals surface area (Å²) >= 11 is 0. The van der Waals surface area contributed by atoms with Crippen LogP contribution in [0.25, 0.3) is 0 Å². The van der Waals surface area contributed by atoms with Crippen LogP contribution in [-0.2, 0) is 4.74 Å². The fraction of sp³-hybridized carbons (Fsp3) is 0.636. The van der Waals surface area contributed by atoms with Gasteiger partial charge in [0.15, 0.2) is 0 Å². The van der Waals surface area contributed by atoms with E-state index in [0.29, 0.717) is 0 Å². The van der Waals surface area contributed by atoms with Crippen LogP contribution in [0.15, 0.2) is 12.3 Å². The predicted octanol–water partition coefficient (Wildman–Crippen LogP) is 1.65. The number of aromatic nitrogens is 2. The third kappa shape index (κ3) is 3.47. The largest absolute Gasteiger partial charge is 0.378 e. The topological polar surface area (TPSA) is 38.2 Å². The molecular formula is C11H19N3O. The molecule has 0 amide bonds. The second kappa shape index (κ2) is 6.35. The molecule has 2 rings (SSSR count). The molecule has 0 saturated carbocycles. The van der Waals surface area contributed by atoms with E-state index in [-0.39, 0.29) is 0 Å². The van der Waals surface area contributed by atoms with Crippen molar-refractivity contribution in [3.8, 4) is 0 Å². The highest BCUT2D eigenvalue weighted by Gasteiger charge is 2.12. The normalized spacial score (nSPS) is 15.5. The minimum absolute atomic E-state index is 0.775. The molecule has 0 aliphatic carbocycles. The monoisotopic (exact) mass is 209 g/mol. The molecular weight excluding hydrogens is 190 g/mol. The van der Waals surface area contributed by atoms with Crippen molar-refractivity contribution in [1.82, 2.24) is 9.97 Å². The van der Waals surface area contributed by atoms with Gasteiger partial charge in [-0.25, -0.2) is 9.97 Å². The van der Waals surface area contributed by atoms with Crippen LogP contribution in [0.1, 0.15) is 19.5 Å². The van der Waals surface area contributed by atoms with Crippen molar-refractivity contribution >= 4 is 5.95 Å². The molecule has 0 spiro atoms. The van der Waals surface area contributed by atoms with Gasteiger partial charge in [0.05, 0.1) is 13.2 Å². The van der Waals surface area contributed by atoms with E-state index in [4.69, 9.17) is 4.74 Å². The summed E-state index contributed by atoms with van der Waals surface area (Å²) in [4.78, 5) is 10.7. The Hall–Kier alpha value is -1.16. The molecule has 0 bridgehead atoms. The third-order valence-electron chi connectivity index (χ3n) is 2.08. The van der Waals surface area contributed by atoms with Crippen molar-refractivity contribution < 1.29 is 4.74 Å². The summed E-state index contributed by atoms with van der Waals surface area (Å²) < 4.78 is 5.25. The van der Waals surface area contributed by atoms with E-state index in [2.05, 4.69) is 14.9 Å². The SMILES string of the molecule is CC.Cc1ccnc(N2CCOCC2)n1. The van der Waals surface area contributed by atoms with Gasteiger partial charge in [0.25, 0.3) is 0 Å². The number of aryl methyl sites for hydroxylation is 1. The van der Waals surface area contributed by atoms with E-state index in [9.17, 15) is 0 Å². The number of rotatable bonds is 1. The predicted molar refractivity (Wildman–Crippen MR) is 61.1 cm³/mol. The second-order valence-electron chi connectivity index (χ2n) is 3.10. The molecule has 0 N–H and O–H groups in total. The maximum absolute atomic E-state index is 5.25. The van der Waals surface area contributed by atoms with Crippen molar-refractivity contribution in [3.63, 3.8) is 0 Å². The van der Waals surface area contributed by atoms with Crippen LogP contribution in [-0.4, -0.2) is 36.3 Å². The molecule has 1 fully saturated rings. The summed E-state index contributed by atoms with van der Waals surface area (Å²) in [5, 5.41) is 0. The van der Waals surface area contributed by atoms with Gasteiger partial charge in [0.1, 0.15) is 0 Å². The highest BCUT2D eigenvalue weighted by Crippen LogP contribution is 2.08. The highest BCUT2D eigenvalue weighted by atomic mass is 16.5. The van der Waals surface area contributed by atoms with Gasteiger partial charge >= 0.3 is 0 Å². The lowest BCUT2D eigenvalue weighted by atomic mass is 10.4. The molecule has 4 heteroatoms. The number of nitrogens with zero attached hydrogens (tertiary/aromatic N) is 3. The van der Waals surface area contributed by atoms with Crippen molar-refractivity contribution in [2.24, 2.45) is 0 Å². The van der Waals surface area contributed by atoms with Gasteiger partial charge in [-0.05, 0) is 13.0 Å². The first kappa shape index (κ1) is 11.9. The molecule has 2 heterocycles. The molecule has 1 aliphatic heterocycles. The first-order valence-corrected chi connectivity index (χ1v) is 5.48. The molecule has 0 radical (unpaired) electrons. The Morgan fingerprint density at radius 1 is 1.27 bits per heavy atom. The Balaban J connectivity index is 0.000000531. The second-order valence-corrected chi connectivity index (χ2v) is 3.10. The lowest BCUT2D eigenvalue weighted by Gasteiger charge is -2.26. The molecule has 1 aromatic rings. The Morgan fingerprint density at radius 3 is 2.53 bits per heavy atom. The standard InChI is InChI=1S/C9H13N3O.C2H6/c1-8-2-3-10-9(11-8)12-4-6-13-7-5-12;1-2/h2-3H,4-7H2,1H3;1-2H3. The average Bonchev–Trinajstić information content (AvgIpc) is 2.33. The number of hydrogen-bond donors (Lipinski definition) is 0. The molecule has 84 valence electrons. The van der Waals surface area contributed by atoms with Crippen LogP contribution in [0.3, 0.4) is 0 Å². The van der Waals surface area contributed by atoms with E-state index < -0.39 is 0 Å². The molecule has 1 aromatic heterocycles. The smallest absolute Gasteiger partial charge is 0.225 e. The summed E-state index contributed by atoms with van der Waals surface area (Å²) in [5.41, 5.74) is 1.01. The van der Waals surface area contributed by atoms with Gasteiger partial charge in [-0.1, -0.05) is 13.8 Å². The fourth-order valence-electron chi connectivity index (χ4n) is 1.35. The van der Waals surface area contributed by atoms with E-state index in [1.165, 1.54) is 0 Å². The van der Waals surface area contributed by atoms with Gasteiger partial charge < -0.3 is 9.64 Å². The van der Waals surface area contributed by atoms with Gasteiger partial charge in [-0.2, -0.15) is 0 Å². The third-order valence-corrected chi connectivity index (χ3v) is 2.08. The zero-order valence-electron chi connectivity index (χ0n) is 9.73. The van der Waals surface area contributed by atoms with E-state index in [1.807, 2.05) is 26.8 Å². The summed E-state index contributed by atoms with van der Waals surface area (Å²) in [6, 6.07) is 1.91. The lowest BCUT2D eigenvalue weighted by Crippen LogP contribution is -2.37. The molecule has 0 aromatic carbocycles. The minimum atomic E-state index is 0.775. The van der Waals surface area contributed by atoms with Gasteiger partial charge in [0, 0.05) is 25.0 Å². The van der Waals surface area contributed by atoms with E-state index in [0.717, 1.165) is 37.9 Å². The Labute approximate surface area is 91.3 Å². The Bertz CT molecular complexity index is 285. The fourth-order valence-corrected chi connectivity index (χ4v) is 1.35. The molecule has 4 nitrogen and oxygen atoms in total. The van der Waals surface area contributed by atoms with Crippen LogP contribution in [0.4, 0.5) is 5.95 Å². The first-order chi connectivity index (χ1) is 7.36. The van der Waals surface area contributed by atoms with Crippen LogP contribution in [0.5, 0.6) is 0 Å². The summed E-state index contributed by atoms with van der Waals surface area (Å²) in [6.07, 6.45) is 1.80. The van der Waals surface area contributed by atoms with E-state index in [1.54, 1.807) is 6.20 Å². The number of hydrogen-bond acceptors (Lipinski definition) is 4. The van der Waals surface area contributed by atoms with Crippen LogP contribution in [0, 0.1) is 6.92 Å². The number of anilines is 1. The first-order valence-electron chi connectivity index (χ1n) is 5.48. The summed E-state index contributed by atoms with van der Waals surface area (Å²) in [6.45, 7) is 9.31. The Morgan fingerprint density at radius 2 is 1.93 bits per heavy atom. The minimum Gasteiger partial charge on any atom is -0.378 e. The Kier molecular flexibility index (Phi) is 5.04. The van der Waals surface area contributed by atoms with Gasteiger partial charge in [0.2, 0.25) is 5.95 Å².